The highest BCUT2D eigenvalue weighted by Gasteiger charge is 2.18. The third-order valence-corrected chi connectivity index (χ3v) is 4.09. The Balaban J connectivity index is 2.77. The van der Waals surface area contributed by atoms with Gasteiger partial charge in [-0.25, -0.2) is 13.4 Å². The van der Waals surface area contributed by atoms with Gasteiger partial charge in [-0.15, -0.1) is 0 Å². The molecule has 0 saturated heterocycles. The van der Waals surface area contributed by atoms with E-state index in [4.69, 9.17) is 10.7 Å². The number of nitrogens with zero attached hydrogens (tertiary/aromatic N) is 2. The van der Waals surface area contributed by atoms with E-state index in [1.807, 2.05) is 6.92 Å². The SMILES string of the molecule is CCCc1nc(S(=O)(=O)Cl)cn1CC(=O)NCCC(C)C. The summed E-state index contributed by atoms with van der Waals surface area (Å²) in [5.41, 5.74) is 0. The van der Waals surface area contributed by atoms with Crippen LogP contribution in [0.15, 0.2) is 11.2 Å². The molecule has 0 unspecified atom stereocenters. The van der Waals surface area contributed by atoms with E-state index in [0.29, 0.717) is 24.7 Å². The summed E-state index contributed by atoms with van der Waals surface area (Å²) < 4.78 is 24.2. The zero-order valence-electron chi connectivity index (χ0n) is 12.6. The van der Waals surface area contributed by atoms with Crippen LogP contribution >= 0.6 is 10.7 Å². The molecule has 1 rings (SSSR count). The quantitative estimate of drug-likeness (QED) is 0.736. The number of hydrogen-bond donors (Lipinski definition) is 1. The lowest BCUT2D eigenvalue weighted by Gasteiger charge is -2.09. The Kier molecular flexibility index (Phi) is 6.67. The molecule has 1 amide bonds. The van der Waals surface area contributed by atoms with Crippen molar-refractivity contribution < 1.29 is 13.2 Å². The molecule has 0 aliphatic rings. The summed E-state index contributed by atoms with van der Waals surface area (Å²) in [6.07, 6.45) is 3.60. The Morgan fingerprint density at radius 1 is 1.48 bits per heavy atom. The van der Waals surface area contributed by atoms with Gasteiger partial charge in [0.25, 0.3) is 9.05 Å². The zero-order chi connectivity index (χ0) is 16.0. The molecule has 0 saturated carbocycles. The summed E-state index contributed by atoms with van der Waals surface area (Å²) in [5, 5.41) is 2.60. The van der Waals surface area contributed by atoms with Gasteiger partial charge in [0.05, 0.1) is 0 Å². The van der Waals surface area contributed by atoms with Gasteiger partial charge in [-0.3, -0.25) is 4.79 Å². The van der Waals surface area contributed by atoms with Crippen molar-refractivity contribution in [1.29, 1.82) is 0 Å². The number of amides is 1. The van der Waals surface area contributed by atoms with E-state index in [-0.39, 0.29) is 17.5 Å². The van der Waals surface area contributed by atoms with Crippen molar-refractivity contribution in [2.75, 3.05) is 6.54 Å². The van der Waals surface area contributed by atoms with Crippen molar-refractivity contribution in [2.24, 2.45) is 5.92 Å². The van der Waals surface area contributed by atoms with Crippen LogP contribution in [0, 0.1) is 5.92 Å². The van der Waals surface area contributed by atoms with E-state index in [1.54, 1.807) is 4.57 Å². The highest BCUT2D eigenvalue weighted by Crippen LogP contribution is 2.15. The van der Waals surface area contributed by atoms with Crippen molar-refractivity contribution in [1.82, 2.24) is 14.9 Å². The van der Waals surface area contributed by atoms with Crippen LogP contribution < -0.4 is 5.32 Å². The molecule has 1 aromatic heterocycles. The second-order valence-electron chi connectivity index (χ2n) is 5.34. The third-order valence-electron chi connectivity index (χ3n) is 2.92. The molecule has 1 heterocycles. The first-order valence-electron chi connectivity index (χ1n) is 7.01. The van der Waals surface area contributed by atoms with Crippen molar-refractivity contribution in [2.45, 2.75) is 51.6 Å². The molecular weight excluding hydrogens is 314 g/mol. The first kappa shape index (κ1) is 18.0. The fourth-order valence-electron chi connectivity index (χ4n) is 1.82. The van der Waals surface area contributed by atoms with Crippen LogP contribution in [-0.2, 0) is 26.8 Å². The Hall–Kier alpha value is -1.08. The first-order chi connectivity index (χ1) is 9.74. The van der Waals surface area contributed by atoms with E-state index < -0.39 is 9.05 Å². The standard InChI is InChI=1S/C13H22ClN3O3S/c1-4-5-11-16-13(21(14,19)20)9-17(11)8-12(18)15-7-6-10(2)3/h9-10H,4-8H2,1-3H3,(H,15,18). The van der Waals surface area contributed by atoms with Crippen LogP contribution in [0.2, 0.25) is 0 Å². The smallest absolute Gasteiger partial charge is 0.280 e. The highest BCUT2D eigenvalue weighted by atomic mass is 35.7. The number of carbonyl (C=O) groups is 1. The molecule has 6 nitrogen and oxygen atoms in total. The molecule has 0 spiro atoms. The van der Waals surface area contributed by atoms with Crippen molar-refractivity contribution in [3.63, 3.8) is 0 Å². The van der Waals surface area contributed by atoms with Gasteiger partial charge in [0, 0.05) is 29.8 Å². The minimum Gasteiger partial charge on any atom is -0.355 e. The van der Waals surface area contributed by atoms with Crippen LogP contribution in [0.4, 0.5) is 0 Å². The molecule has 0 atom stereocenters. The lowest BCUT2D eigenvalue weighted by Crippen LogP contribution is -2.29. The Labute approximate surface area is 130 Å². The van der Waals surface area contributed by atoms with Gasteiger partial charge in [-0.1, -0.05) is 20.8 Å². The van der Waals surface area contributed by atoms with E-state index in [0.717, 1.165) is 12.8 Å². The predicted octanol–water partition coefficient (Wildman–Crippen LogP) is 1.93. The lowest BCUT2D eigenvalue weighted by molar-refractivity contribution is -0.121. The zero-order valence-corrected chi connectivity index (χ0v) is 14.2. The minimum atomic E-state index is -3.88. The molecule has 120 valence electrons. The molecule has 0 aliphatic heterocycles. The molecule has 0 aromatic carbocycles. The van der Waals surface area contributed by atoms with Gasteiger partial charge in [0.1, 0.15) is 12.4 Å². The summed E-state index contributed by atoms with van der Waals surface area (Å²) in [5.74, 6) is 0.904. The molecule has 0 fully saturated rings. The second-order valence-corrected chi connectivity index (χ2v) is 7.86. The Bertz CT molecular complexity index is 581. The molecule has 8 heteroatoms. The number of halogens is 1. The van der Waals surface area contributed by atoms with Crippen LogP contribution in [0.1, 0.15) is 39.4 Å². The number of carbonyl (C=O) groups excluding carboxylic acids is 1. The average molecular weight is 336 g/mol. The number of nitrogens with one attached hydrogen (secondary N) is 1. The molecular formula is C13H22ClN3O3S. The van der Waals surface area contributed by atoms with Gasteiger partial charge < -0.3 is 9.88 Å². The maximum atomic E-state index is 11.9. The summed E-state index contributed by atoms with van der Waals surface area (Å²) in [6, 6.07) is 0. The number of aromatic nitrogens is 2. The van der Waals surface area contributed by atoms with Crippen LogP contribution in [0.3, 0.4) is 0 Å². The summed E-state index contributed by atoms with van der Waals surface area (Å²) in [4.78, 5) is 15.9. The lowest BCUT2D eigenvalue weighted by atomic mass is 10.1. The average Bonchev–Trinajstić information content (AvgIpc) is 2.72. The second kappa shape index (κ2) is 7.79. The van der Waals surface area contributed by atoms with Gasteiger partial charge in [-0.05, 0) is 18.8 Å². The monoisotopic (exact) mass is 335 g/mol. The topological polar surface area (TPSA) is 81.1 Å². The van der Waals surface area contributed by atoms with Crippen LogP contribution in [-0.4, -0.2) is 30.4 Å². The van der Waals surface area contributed by atoms with Crippen molar-refractivity contribution in [3.05, 3.63) is 12.0 Å². The number of imidazole rings is 1. The fraction of sp³-hybridized carbons (Fsp3) is 0.692. The maximum Gasteiger partial charge on any atom is 0.280 e. The normalized spacial score (nSPS) is 11.9. The van der Waals surface area contributed by atoms with E-state index in [9.17, 15) is 13.2 Å². The largest absolute Gasteiger partial charge is 0.355 e. The van der Waals surface area contributed by atoms with E-state index in [1.165, 1.54) is 6.20 Å². The van der Waals surface area contributed by atoms with E-state index >= 15 is 0 Å². The molecule has 0 aliphatic carbocycles. The van der Waals surface area contributed by atoms with Crippen LogP contribution in [0.25, 0.3) is 0 Å². The maximum absolute atomic E-state index is 11.9. The molecule has 1 aromatic rings. The molecule has 0 radical (unpaired) electrons. The molecule has 0 bridgehead atoms. The number of rotatable bonds is 8. The molecule has 1 N–H and O–H groups in total. The number of aryl methyl sites for hydroxylation is 1. The predicted molar refractivity (Wildman–Crippen MR) is 81.7 cm³/mol. The van der Waals surface area contributed by atoms with Gasteiger partial charge in [-0.2, -0.15) is 0 Å². The van der Waals surface area contributed by atoms with Crippen LogP contribution in [0.5, 0.6) is 0 Å². The van der Waals surface area contributed by atoms with Crippen molar-refractivity contribution >= 4 is 25.6 Å². The van der Waals surface area contributed by atoms with Crippen molar-refractivity contribution in [3.8, 4) is 0 Å². The third kappa shape index (κ3) is 6.05. The summed E-state index contributed by atoms with van der Waals surface area (Å²) >= 11 is 0. The van der Waals surface area contributed by atoms with Gasteiger partial charge in [0.2, 0.25) is 5.91 Å². The van der Waals surface area contributed by atoms with Gasteiger partial charge >= 0.3 is 0 Å². The first-order valence-corrected chi connectivity index (χ1v) is 9.32. The minimum absolute atomic E-state index is 0.0484. The Morgan fingerprint density at radius 2 is 2.14 bits per heavy atom. The summed E-state index contributed by atoms with van der Waals surface area (Å²) in [6.45, 7) is 6.77. The van der Waals surface area contributed by atoms with Gasteiger partial charge in [0.15, 0.2) is 5.03 Å². The summed E-state index contributed by atoms with van der Waals surface area (Å²) in [7, 11) is 1.42. The fourth-order valence-corrected chi connectivity index (χ4v) is 2.51. The highest BCUT2D eigenvalue weighted by molar-refractivity contribution is 8.13. The Morgan fingerprint density at radius 3 is 2.67 bits per heavy atom. The van der Waals surface area contributed by atoms with E-state index in [2.05, 4.69) is 24.1 Å². The molecule has 21 heavy (non-hydrogen) atoms. The number of hydrogen-bond acceptors (Lipinski definition) is 4.